The van der Waals surface area contributed by atoms with Crippen LogP contribution < -0.4 is 5.73 Å². The van der Waals surface area contributed by atoms with Crippen molar-refractivity contribution in [3.05, 3.63) is 0 Å². The average Bonchev–Trinajstić information content (AvgIpc) is 2.69. The molecule has 0 aromatic heterocycles. The molecule has 4 heteroatoms. The van der Waals surface area contributed by atoms with Crippen molar-refractivity contribution in [2.75, 3.05) is 26.2 Å². The highest BCUT2D eigenvalue weighted by Gasteiger charge is 2.45. The number of amides is 1. The van der Waals surface area contributed by atoms with Gasteiger partial charge in [0.05, 0.1) is 5.41 Å². The number of nitrogens with zero attached hydrogens (tertiary/aromatic N) is 2. The zero-order chi connectivity index (χ0) is 14.3. The second-order valence-corrected chi connectivity index (χ2v) is 7.37. The maximum Gasteiger partial charge on any atom is 0.230 e. The smallest absolute Gasteiger partial charge is 0.230 e. The summed E-state index contributed by atoms with van der Waals surface area (Å²) < 4.78 is 0. The van der Waals surface area contributed by atoms with Crippen LogP contribution in [-0.4, -0.2) is 53.5 Å². The summed E-state index contributed by atoms with van der Waals surface area (Å²) in [5.41, 5.74) is 6.04. The van der Waals surface area contributed by atoms with Gasteiger partial charge in [-0.1, -0.05) is 6.42 Å². The Morgan fingerprint density at radius 1 is 1.21 bits per heavy atom. The third-order valence-electron chi connectivity index (χ3n) is 5.03. The largest absolute Gasteiger partial charge is 0.340 e. The standard InChI is InChI=1S/C15H29N3O/c1-14(2,3)18-10-8-17(9-11-18)13(19)15(4)7-5-6-12(15)16/h12H,5-11,16H2,1-4H3. The molecule has 0 radical (unpaired) electrons. The summed E-state index contributed by atoms with van der Waals surface area (Å²) >= 11 is 0. The molecular weight excluding hydrogens is 238 g/mol. The van der Waals surface area contributed by atoms with Crippen LogP contribution in [0, 0.1) is 5.41 Å². The van der Waals surface area contributed by atoms with Crippen molar-refractivity contribution < 1.29 is 4.79 Å². The van der Waals surface area contributed by atoms with Crippen molar-refractivity contribution in [2.45, 2.75) is 58.5 Å². The first kappa shape index (κ1) is 14.8. The highest BCUT2D eigenvalue weighted by atomic mass is 16.2. The molecule has 2 atom stereocenters. The fourth-order valence-corrected chi connectivity index (χ4v) is 3.40. The number of nitrogens with two attached hydrogens (primary N) is 1. The lowest BCUT2D eigenvalue weighted by molar-refractivity contribution is -0.144. The third kappa shape index (κ3) is 2.79. The predicted molar refractivity (Wildman–Crippen MR) is 77.8 cm³/mol. The molecular formula is C15H29N3O. The van der Waals surface area contributed by atoms with E-state index in [4.69, 9.17) is 5.73 Å². The molecule has 19 heavy (non-hydrogen) atoms. The Labute approximate surface area is 117 Å². The molecule has 1 saturated carbocycles. The SMILES string of the molecule is CC1(C(=O)N2CCN(C(C)(C)C)CC2)CCCC1N. The van der Waals surface area contributed by atoms with Gasteiger partial charge in [0.25, 0.3) is 0 Å². The van der Waals surface area contributed by atoms with Gasteiger partial charge in [-0.25, -0.2) is 0 Å². The van der Waals surface area contributed by atoms with Gasteiger partial charge in [-0.3, -0.25) is 9.69 Å². The van der Waals surface area contributed by atoms with Crippen LogP contribution in [0.5, 0.6) is 0 Å². The van der Waals surface area contributed by atoms with Gasteiger partial charge < -0.3 is 10.6 Å². The van der Waals surface area contributed by atoms with Crippen molar-refractivity contribution in [2.24, 2.45) is 11.1 Å². The number of carbonyl (C=O) groups excluding carboxylic acids is 1. The van der Waals surface area contributed by atoms with Crippen LogP contribution in [-0.2, 0) is 4.79 Å². The minimum Gasteiger partial charge on any atom is -0.340 e. The summed E-state index contributed by atoms with van der Waals surface area (Å²) in [5.74, 6) is 0.283. The minimum absolute atomic E-state index is 0.0423. The van der Waals surface area contributed by atoms with E-state index in [2.05, 4.69) is 32.6 Å². The van der Waals surface area contributed by atoms with Crippen LogP contribution in [0.4, 0.5) is 0 Å². The average molecular weight is 267 g/mol. The van der Waals surface area contributed by atoms with E-state index in [1.54, 1.807) is 0 Å². The van der Waals surface area contributed by atoms with Crippen molar-refractivity contribution in [3.8, 4) is 0 Å². The van der Waals surface area contributed by atoms with E-state index in [0.717, 1.165) is 45.4 Å². The lowest BCUT2D eigenvalue weighted by Gasteiger charge is -2.44. The van der Waals surface area contributed by atoms with E-state index in [0.29, 0.717) is 0 Å². The van der Waals surface area contributed by atoms with Gasteiger partial charge in [0.15, 0.2) is 0 Å². The van der Waals surface area contributed by atoms with E-state index in [1.807, 2.05) is 4.90 Å². The Morgan fingerprint density at radius 2 is 1.79 bits per heavy atom. The van der Waals surface area contributed by atoms with Gasteiger partial charge in [-0.15, -0.1) is 0 Å². The van der Waals surface area contributed by atoms with E-state index >= 15 is 0 Å². The molecule has 2 rings (SSSR count). The lowest BCUT2D eigenvalue weighted by Crippen LogP contribution is -2.58. The van der Waals surface area contributed by atoms with Gasteiger partial charge in [0.2, 0.25) is 5.91 Å². The summed E-state index contributed by atoms with van der Waals surface area (Å²) in [7, 11) is 0. The Bertz CT molecular complexity index is 342. The fourth-order valence-electron chi connectivity index (χ4n) is 3.40. The van der Waals surface area contributed by atoms with Gasteiger partial charge >= 0.3 is 0 Å². The van der Waals surface area contributed by atoms with E-state index < -0.39 is 0 Å². The lowest BCUT2D eigenvalue weighted by atomic mass is 9.83. The molecule has 1 aliphatic carbocycles. The van der Waals surface area contributed by atoms with Crippen LogP contribution in [0.1, 0.15) is 47.0 Å². The molecule has 2 N–H and O–H groups in total. The monoisotopic (exact) mass is 267 g/mol. The van der Waals surface area contributed by atoms with Gasteiger partial charge in [0, 0.05) is 37.8 Å². The number of hydrogen-bond acceptors (Lipinski definition) is 3. The number of hydrogen-bond donors (Lipinski definition) is 1. The normalized spacial score (nSPS) is 33.7. The first-order chi connectivity index (χ1) is 8.75. The Hall–Kier alpha value is -0.610. The second-order valence-electron chi connectivity index (χ2n) is 7.37. The molecule has 2 fully saturated rings. The zero-order valence-electron chi connectivity index (χ0n) is 12.9. The molecule has 0 spiro atoms. The Balaban J connectivity index is 1.96. The molecule has 2 unspecified atom stereocenters. The summed E-state index contributed by atoms with van der Waals surface area (Å²) in [4.78, 5) is 17.2. The maximum absolute atomic E-state index is 12.7. The second kappa shape index (κ2) is 5.06. The first-order valence-corrected chi connectivity index (χ1v) is 7.55. The maximum atomic E-state index is 12.7. The van der Waals surface area contributed by atoms with Crippen LogP contribution in [0.2, 0.25) is 0 Å². The molecule has 110 valence electrons. The summed E-state index contributed by atoms with van der Waals surface area (Å²) in [6.45, 7) is 12.4. The third-order valence-corrected chi connectivity index (χ3v) is 5.03. The van der Waals surface area contributed by atoms with E-state index in [1.165, 1.54) is 0 Å². The topological polar surface area (TPSA) is 49.6 Å². The van der Waals surface area contributed by atoms with Crippen molar-refractivity contribution in [1.29, 1.82) is 0 Å². The van der Waals surface area contributed by atoms with E-state index in [-0.39, 0.29) is 22.9 Å². The van der Waals surface area contributed by atoms with Gasteiger partial charge in [-0.05, 0) is 40.5 Å². The predicted octanol–water partition coefficient (Wildman–Crippen LogP) is 1.45. The van der Waals surface area contributed by atoms with Crippen molar-refractivity contribution in [1.82, 2.24) is 9.80 Å². The molecule has 0 aromatic carbocycles. The summed E-state index contributed by atoms with van der Waals surface area (Å²) in [5, 5.41) is 0. The first-order valence-electron chi connectivity index (χ1n) is 7.55. The molecule has 1 saturated heterocycles. The number of carbonyl (C=O) groups is 1. The minimum atomic E-state index is -0.316. The molecule has 4 nitrogen and oxygen atoms in total. The quantitative estimate of drug-likeness (QED) is 0.782. The van der Waals surface area contributed by atoms with Crippen molar-refractivity contribution >= 4 is 5.91 Å². The summed E-state index contributed by atoms with van der Waals surface area (Å²) in [6.07, 6.45) is 3.03. The van der Waals surface area contributed by atoms with Crippen LogP contribution in [0.15, 0.2) is 0 Å². The summed E-state index contributed by atoms with van der Waals surface area (Å²) in [6, 6.07) is 0.0423. The van der Waals surface area contributed by atoms with Gasteiger partial charge in [0.1, 0.15) is 0 Å². The number of rotatable bonds is 1. The van der Waals surface area contributed by atoms with Crippen molar-refractivity contribution in [3.63, 3.8) is 0 Å². The highest BCUT2D eigenvalue weighted by molar-refractivity contribution is 5.83. The molecule has 1 heterocycles. The molecule has 0 bridgehead atoms. The van der Waals surface area contributed by atoms with Crippen LogP contribution in [0.25, 0.3) is 0 Å². The molecule has 0 aromatic rings. The Morgan fingerprint density at radius 3 is 2.21 bits per heavy atom. The highest BCUT2D eigenvalue weighted by Crippen LogP contribution is 2.38. The number of piperazine rings is 1. The van der Waals surface area contributed by atoms with Gasteiger partial charge in [-0.2, -0.15) is 0 Å². The van der Waals surface area contributed by atoms with E-state index in [9.17, 15) is 4.79 Å². The molecule has 1 aliphatic heterocycles. The van der Waals surface area contributed by atoms with Crippen LogP contribution >= 0.6 is 0 Å². The molecule has 2 aliphatic rings. The zero-order valence-corrected chi connectivity index (χ0v) is 12.9. The molecule has 1 amide bonds. The Kier molecular flexibility index (Phi) is 3.94. The fraction of sp³-hybridized carbons (Fsp3) is 0.933. The van der Waals surface area contributed by atoms with Crippen LogP contribution in [0.3, 0.4) is 0 Å².